The van der Waals surface area contributed by atoms with Gasteiger partial charge in [-0.25, -0.2) is 9.59 Å². The van der Waals surface area contributed by atoms with E-state index in [1.807, 2.05) is 31.2 Å². The van der Waals surface area contributed by atoms with Gasteiger partial charge >= 0.3 is 11.9 Å². The normalized spacial score (nSPS) is 9.56. The zero-order chi connectivity index (χ0) is 13.7. The standard InChI is InChI=1S/C14H16O4/c1-9-7-5-6-8-11(9)10(2)12(13(15)17-3)14(16)18-4/h5-8H,1-4H3. The molecule has 0 saturated carbocycles. The maximum atomic E-state index is 11.7. The van der Waals surface area contributed by atoms with Crippen molar-refractivity contribution in [2.45, 2.75) is 13.8 Å². The fraction of sp³-hybridized carbons (Fsp3) is 0.286. The fourth-order valence-corrected chi connectivity index (χ4v) is 1.72. The van der Waals surface area contributed by atoms with Crippen molar-refractivity contribution in [2.75, 3.05) is 14.2 Å². The van der Waals surface area contributed by atoms with E-state index in [0.717, 1.165) is 11.1 Å². The first-order valence-electron chi connectivity index (χ1n) is 5.46. The van der Waals surface area contributed by atoms with Crippen molar-refractivity contribution in [3.63, 3.8) is 0 Å². The van der Waals surface area contributed by atoms with E-state index in [0.29, 0.717) is 5.57 Å². The van der Waals surface area contributed by atoms with Crippen LogP contribution in [0.2, 0.25) is 0 Å². The molecular weight excluding hydrogens is 232 g/mol. The number of benzene rings is 1. The van der Waals surface area contributed by atoms with E-state index >= 15 is 0 Å². The molecule has 0 spiro atoms. The van der Waals surface area contributed by atoms with Crippen molar-refractivity contribution in [2.24, 2.45) is 0 Å². The van der Waals surface area contributed by atoms with Gasteiger partial charge in [-0.1, -0.05) is 24.3 Å². The molecule has 0 unspecified atom stereocenters. The van der Waals surface area contributed by atoms with E-state index in [9.17, 15) is 9.59 Å². The van der Waals surface area contributed by atoms with Gasteiger partial charge in [0.15, 0.2) is 0 Å². The smallest absolute Gasteiger partial charge is 0.345 e. The van der Waals surface area contributed by atoms with Crippen LogP contribution in [0, 0.1) is 6.92 Å². The van der Waals surface area contributed by atoms with E-state index in [4.69, 9.17) is 0 Å². The summed E-state index contributed by atoms with van der Waals surface area (Å²) in [7, 11) is 2.47. The summed E-state index contributed by atoms with van der Waals surface area (Å²) in [5.74, 6) is -1.38. The number of hydrogen-bond acceptors (Lipinski definition) is 4. The Balaban J connectivity index is 3.41. The molecule has 0 amide bonds. The number of aryl methyl sites for hydroxylation is 1. The van der Waals surface area contributed by atoms with Crippen molar-refractivity contribution in [1.82, 2.24) is 0 Å². The lowest BCUT2D eigenvalue weighted by atomic mass is 9.97. The number of carbonyl (C=O) groups is 2. The molecule has 0 saturated heterocycles. The highest BCUT2D eigenvalue weighted by Gasteiger charge is 2.23. The van der Waals surface area contributed by atoms with E-state index in [1.54, 1.807) is 6.92 Å². The monoisotopic (exact) mass is 248 g/mol. The molecule has 96 valence electrons. The molecular formula is C14H16O4. The topological polar surface area (TPSA) is 52.6 Å². The molecule has 0 aromatic heterocycles. The zero-order valence-electron chi connectivity index (χ0n) is 10.9. The highest BCUT2D eigenvalue weighted by Crippen LogP contribution is 2.23. The number of methoxy groups -OCH3 is 2. The molecule has 0 bridgehead atoms. The summed E-state index contributed by atoms with van der Waals surface area (Å²) in [6.07, 6.45) is 0. The number of rotatable bonds is 3. The van der Waals surface area contributed by atoms with Crippen molar-refractivity contribution >= 4 is 17.5 Å². The average Bonchev–Trinajstić information content (AvgIpc) is 2.38. The van der Waals surface area contributed by atoms with Crippen LogP contribution in [0.25, 0.3) is 5.57 Å². The minimum atomic E-state index is -0.692. The van der Waals surface area contributed by atoms with Crippen LogP contribution in [0.3, 0.4) is 0 Å². The second-order valence-electron chi connectivity index (χ2n) is 3.80. The van der Waals surface area contributed by atoms with Gasteiger partial charge in [0.1, 0.15) is 5.57 Å². The molecule has 18 heavy (non-hydrogen) atoms. The van der Waals surface area contributed by atoms with Gasteiger partial charge in [-0.3, -0.25) is 0 Å². The van der Waals surface area contributed by atoms with Crippen molar-refractivity contribution in [1.29, 1.82) is 0 Å². The molecule has 0 radical (unpaired) electrons. The molecule has 0 aliphatic rings. The fourth-order valence-electron chi connectivity index (χ4n) is 1.72. The van der Waals surface area contributed by atoms with Crippen LogP contribution in [-0.2, 0) is 19.1 Å². The van der Waals surface area contributed by atoms with E-state index < -0.39 is 11.9 Å². The molecule has 4 nitrogen and oxygen atoms in total. The molecule has 0 aliphatic carbocycles. The third-order valence-corrected chi connectivity index (χ3v) is 2.70. The summed E-state index contributed by atoms with van der Waals surface area (Å²) < 4.78 is 9.24. The number of esters is 2. The SMILES string of the molecule is COC(=O)C(C(=O)OC)=C(C)c1ccccc1C. The van der Waals surface area contributed by atoms with Crippen LogP contribution >= 0.6 is 0 Å². The lowest BCUT2D eigenvalue weighted by molar-refractivity contribution is -0.143. The Kier molecular flexibility index (Phi) is 4.66. The van der Waals surface area contributed by atoms with Gasteiger partial charge in [0.05, 0.1) is 14.2 Å². The molecule has 0 atom stereocenters. The van der Waals surface area contributed by atoms with Gasteiger partial charge in [-0.15, -0.1) is 0 Å². The molecule has 0 aliphatic heterocycles. The van der Waals surface area contributed by atoms with Crippen LogP contribution in [0.4, 0.5) is 0 Å². The van der Waals surface area contributed by atoms with Crippen LogP contribution in [-0.4, -0.2) is 26.2 Å². The Labute approximate surface area is 106 Å². The number of ether oxygens (including phenoxy) is 2. The molecule has 0 N–H and O–H groups in total. The van der Waals surface area contributed by atoms with Crippen LogP contribution in [0.5, 0.6) is 0 Å². The van der Waals surface area contributed by atoms with Crippen molar-refractivity contribution in [3.8, 4) is 0 Å². The van der Waals surface area contributed by atoms with E-state index in [1.165, 1.54) is 14.2 Å². The molecule has 0 fully saturated rings. The summed E-state index contributed by atoms with van der Waals surface area (Å²) in [5, 5.41) is 0. The Hall–Kier alpha value is -2.10. The first-order valence-corrected chi connectivity index (χ1v) is 5.46. The second kappa shape index (κ2) is 6.00. The maximum absolute atomic E-state index is 11.7. The van der Waals surface area contributed by atoms with E-state index in [-0.39, 0.29) is 5.57 Å². The van der Waals surface area contributed by atoms with Gasteiger partial charge in [0.2, 0.25) is 0 Å². The van der Waals surface area contributed by atoms with E-state index in [2.05, 4.69) is 9.47 Å². The van der Waals surface area contributed by atoms with Crippen molar-refractivity contribution < 1.29 is 19.1 Å². The van der Waals surface area contributed by atoms with Gasteiger partial charge in [-0.05, 0) is 30.5 Å². The Morgan fingerprint density at radius 1 is 1.00 bits per heavy atom. The van der Waals surface area contributed by atoms with Gasteiger partial charge < -0.3 is 9.47 Å². The molecule has 1 rings (SSSR count). The number of hydrogen-bond donors (Lipinski definition) is 0. The zero-order valence-corrected chi connectivity index (χ0v) is 10.9. The minimum absolute atomic E-state index is 0.0747. The lowest BCUT2D eigenvalue weighted by Crippen LogP contribution is -2.17. The third-order valence-electron chi connectivity index (χ3n) is 2.70. The number of carbonyl (C=O) groups excluding carboxylic acids is 2. The Morgan fingerprint density at radius 2 is 1.50 bits per heavy atom. The summed E-state index contributed by atoms with van der Waals surface area (Å²) in [6.45, 7) is 3.61. The number of allylic oxidation sites excluding steroid dienone is 1. The molecule has 0 heterocycles. The summed E-state index contributed by atoms with van der Waals surface area (Å²) in [4.78, 5) is 23.3. The van der Waals surface area contributed by atoms with Crippen LogP contribution < -0.4 is 0 Å². The third kappa shape index (κ3) is 2.77. The van der Waals surface area contributed by atoms with Gasteiger partial charge in [-0.2, -0.15) is 0 Å². The van der Waals surface area contributed by atoms with Crippen molar-refractivity contribution in [3.05, 3.63) is 41.0 Å². The molecule has 4 heteroatoms. The summed E-state index contributed by atoms with van der Waals surface area (Å²) in [6, 6.07) is 7.49. The van der Waals surface area contributed by atoms with Crippen LogP contribution in [0.1, 0.15) is 18.1 Å². The Morgan fingerprint density at radius 3 is 1.94 bits per heavy atom. The van der Waals surface area contributed by atoms with Gasteiger partial charge in [0, 0.05) is 0 Å². The van der Waals surface area contributed by atoms with Crippen LogP contribution in [0.15, 0.2) is 29.8 Å². The molecule has 1 aromatic rings. The Bertz CT molecular complexity index is 482. The lowest BCUT2D eigenvalue weighted by Gasteiger charge is -2.10. The summed E-state index contributed by atoms with van der Waals surface area (Å²) >= 11 is 0. The first-order chi connectivity index (χ1) is 8.52. The average molecular weight is 248 g/mol. The first kappa shape index (κ1) is 14.0. The highest BCUT2D eigenvalue weighted by atomic mass is 16.5. The summed E-state index contributed by atoms with van der Waals surface area (Å²) in [5.41, 5.74) is 2.27. The predicted octanol–water partition coefficient (Wildman–Crippen LogP) is 2.11. The largest absolute Gasteiger partial charge is 0.465 e. The highest BCUT2D eigenvalue weighted by molar-refractivity contribution is 6.19. The second-order valence-corrected chi connectivity index (χ2v) is 3.80. The van der Waals surface area contributed by atoms with Gasteiger partial charge in [0.25, 0.3) is 0 Å². The predicted molar refractivity (Wildman–Crippen MR) is 67.8 cm³/mol. The molecule has 1 aromatic carbocycles. The minimum Gasteiger partial charge on any atom is -0.465 e. The maximum Gasteiger partial charge on any atom is 0.345 e. The quantitative estimate of drug-likeness (QED) is 0.356.